The lowest BCUT2D eigenvalue weighted by molar-refractivity contribution is -0.138. The highest BCUT2D eigenvalue weighted by Gasteiger charge is 2.35. The van der Waals surface area contributed by atoms with E-state index in [2.05, 4.69) is 10.3 Å². The second kappa shape index (κ2) is 6.31. The standard InChI is InChI=1S/C16H24N4O3/c1-10(2)17-15(21)13-8-19-5-6-20(11(3)14(19)18-13)16(22)12-4-7-23-9-12/h8,10-12H,4-7,9H2,1-3H3,(H,17,21)/t11-,12+/m1/s1. The van der Waals surface area contributed by atoms with Gasteiger partial charge in [0.1, 0.15) is 11.5 Å². The number of hydrogen-bond donors (Lipinski definition) is 1. The van der Waals surface area contributed by atoms with Crippen LogP contribution in [0, 0.1) is 5.92 Å². The van der Waals surface area contributed by atoms with Crippen molar-refractivity contribution in [1.29, 1.82) is 0 Å². The number of carbonyl (C=O) groups excluding carboxylic acids is 2. The van der Waals surface area contributed by atoms with Crippen molar-refractivity contribution < 1.29 is 14.3 Å². The number of imidazole rings is 1. The highest BCUT2D eigenvalue weighted by Crippen LogP contribution is 2.28. The quantitative estimate of drug-likeness (QED) is 0.900. The zero-order valence-corrected chi connectivity index (χ0v) is 13.9. The normalized spacial score (nSPS) is 23.9. The summed E-state index contributed by atoms with van der Waals surface area (Å²) in [6.45, 7) is 8.29. The molecule has 2 amide bonds. The third-order valence-electron chi connectivity index (χ3n) is 4.44. The number of rotatable bonds is 3. The number of ether oxygens (including phenoxy) is 1. The molecular formula is C16H24N4O3. The molecule has 1 aromatic rings. The van der Waals surface area contributed by atoms with E-state index >= 15 is 0 Å². The van der Waals surface area contributed by atoms with Gasteiger partial charge in [-0.25, -0.2) is 4.98 Å². The molecule has 126 valence electrons. The molecule has 23 heavy (non-hydrogen) atoms. The number of hydrogen-bond acceptors (Lipinski definition) is 4. The zero-order valence-electron chi connectivity index (χ0n) is 13.9. The summed E-state index contributed by atoms with van der Waals surface area (Å²) in [4.78, 5) is 31.1. The molecule has 1 N–H and O–H groups in total. The van der Waals surface area contributed by atoms with Gasteiger partial charge < -0.3 is 19.5 Å². The van der Waals surface area contributed by atoms with Crippen molar-refractivity contribution in [2.45, 2.75) is 45.8 Å². The minimum atomic E-state index is -0.170. The molecule has 1 aromatic heterocycles. The number of amides is 2. The first kappa shape index (κ1) is 16.0. The Bertz CT molecular complexity index is 604. The fourth-order valence-corrected chi connectivity index (χ4v) is 3.20. The molecule has 0 radical (unpaired) electrons. The van der Waals surface area contributed by atoms with Crippen LogP contribution in [-0.2, 0) is 16.1 Å². The van der Waals surface area contributed by atoms with Crippen LogP contribution in [0.4, 0.5) is 0 Å². The van der Waals surface area contributed by atoms with Crippen LogP contribution in [0.15, 0.2) is 6.20 Å². The maximum absolute atomic E-state index is 12.6. The van der Waals surface area contributed by atoms with Gasteiger partial charge >= 0.3 is 0 Å². The van der Waals surface area contributed by atoms with Crippen molar-refractivity contribution >= 4 is 11.8 Å². The van der Waals surface area contributed by atoms with E-state index in [0.717, 1.165) is 12.2 Å². The van der Waals surface area contributed by atoms with Gasteiger partial charge in [-0.05, 0) is 27.2 Å². The van der Waals surface area contributed by atoms with Gasteiger partial charge in [-0.2, -0.15) is 0 Å². The van der Waals surface area contributed by atoms with Gasteiger partial charge in [-0.3, -0.25) is 9.59 Å². The second-order valence-electron chi connectivity index (χ2n) is 6.57. The lowest BCUT2D eigenvalue weighted by Crippen LogP contribution is -2.44. The van der Waals surface area contributed by atoms with Crippen LogP contribution in [-0.4, -0.2) is 52.1 Å². The summed E-state index contributed by atoms with van der Waals surface area (Å²) in [5, 5.41) is 2.85. The van der Waals surface area contributed by atoms with Crippen LogP contribution in [0.5, 0.6) is 0 Å². The summed E-state index contributed by atoms with van der Waals surface area (Å²) < 4.78 is 7.31. The Labute approximate surface area is 136 Å². The Morgan fingerprint density at radius 2 is 2.17 bits per heavy atom. The molecule has 7 nitrogen and oxygen atoms in total. The van der Waals surface area contributed by atoms with E-state index in [4.69, 9.17) is 4.74 Å². The molecule has 2 aliphatic heterocycles. The summed E-state index contributed by atoms with van der Waals surface area (Å²) in [5.41, 5.74) is 0.416. The summed E-state index contributed by atoms with van der Waals surface area (Å²) >= 11 is 0. The summed E-state index contributed by atoms with van der Waals surface area (Å²) in [5.74, 6) is 0.702. The maximum Gasteiger partial charge on any atom is 0.271 e. The Morgan fingerprint density at radius 3 is 2.83 bits per heavy atom. The fraction of sp³-hybridized carbons (Fsp3) is 0.688. The third-order valence-corrected chi connectivity index (χ3v) is 4.44. The van der Waals surface area contributed by atoms with Gasteiger partial charge in [0.2, 0.25) is 5.91 Å². The number of aromatic nitrogens is 2. The first-order valence-electron chi connectivity index (χ1n) is 8.23. The molecule has 2 atom stereocenters. The topological polar surface area (TPSA) is 76.5 Å². The summed E-state index contributed by atoms with van der Waals surface area (Å²) in [6, 6.07) is -0.0588. The molecule has 1 saturated heterocycles. The first-order chi connectivity index (χ1) is 11.0. The van der Waals surface area contributed by atoms with Gasteiger partial charge in [0, 0.05) is 31.9 Å². The van der Waals surface area contributed by atoms with Gasteiger partial charge in [0.25, 0.3) is 5.91 Å². The van der Waals surface area contributed by atoms with Gasteiger partial charge in [0.05, 0.1) is 18.6 Å². The molecule has 0 aliphatic carbocycles. The van der Waals surface area contributed by atoms with Crippen LogP contribution in [0.1, 0.15) is 49.5 Å². The van der Waals surface area contributed by atoms with Gasteiger partial charge in [-0.15, -0.1) is 0 Å². The second-order valence-corrected chi connectivity index (χ2v) is 6.57. The van der Waals surface area contributed by atoms with E-state index in [-0.39, 0.29) is 29.8 Å². The average Bonchev–Trinajstić information content (AvgIpc) is 3.16. The predicted octanol–water partition coefficient (Wildman–Crippen LogP) is 0.961. The highest BCUT2D eigenvalue weighted by molar-refractivity contribution is 5.92. The summed E-state index contributed by atoms with van der Waals surface area (Å²) in [6.07, 6.45) is 2.57. The van der Waals surface area contributed by atoms with Crippen molar-refractivity contribution in [2.24, 2.45) is 5.92 Å². The molecule has 3 heterocycles. The molecule has 0 spiro atoms. The molecule has 1 fully saturated rings. The Balaban J connectivity index is 1.77. The van der Waals surface area contributed by atoms with E-state index < -0.39 is 0 Å². The van der Waals surface area contributed by atoms with E-state index in [0.29, 0.717) is 32.0 Å². The minimum Gasteiger partial charge on any atom is -0.381 e. The predicted molar refractivity (Wildman–Crippen MR) is 83.9 cm³/mol. The Hall–Kier alpha value is -1.89. The number of carbonyl (C=O) groups is 2. The first-order valence-corrected chi connectivity index (χ1v) is 8.23. The van der Waals surface area contributed by atoms with Crippen molar-refractivity contribution in [2.75, 3.05) is 19.8 Å². The Kier molecular flexibility index (Phi) is 4.39. The number of nitrogens with one attached hydrogen (secondary N) is 1. The SMILES string of the molecule is CC(C)NC(=O)c1cn2c(n1)[C@@H](C)N(C(=O)[C@H]1CCOC1)CC2. The van der Waals surface area contributed by atoms with Crippen molar-refractivity contribution in [1.82, 2.24) is 19.8 Å². The monoisotopic (exact) mass is 320 g/mol. The highest BCUT2D eigenvalue weighted by atomic mass is 16.5. The largest absolute Gasteiger partial charge is 0.381 e. The fourth-order valence-electron chi connectivity index (χ4n) is 3.20. The van der Waals surface area contributed by atoms with Crippen molar-refractivity contribution in [3.05, 3.63) is 17.7 Å². The van der Waals surface area contributed by atoms with E-state index in [1.807, 2.05) is 30.2 Å². The van der Waals surface area contributed by atoms with Crippen LogP contribution >= 0.6 is 0 Å². The van der Waals surface area contributed by atoms with Gasteiger partial charge in [0.15, 0.2) is 0 Å². The van der Waals surface area contributed by atoms with Crippen molar-refractivity contribution in [3.8, 4) is 0 Å². The van der Waals surface area contributed by atoms with E-state index in [1.54, 1.807) is 6.20 Å². The molecule has 0 saturated carbocycles. The molecule has 0 aromatic carbocycles. The molecule has 7 heteroatoms. The minimum absolute atomic E-state index is 0.0392. The molecule has 3 rings (SSSR count). The maximum atomic E-state index is 12.6. The van der Waals surface area contributed by atoms with Crippen LogP contribution < -0.4 is 5.32 Å². The molecule has 0 unspecified atom stereocenters. The third kappa shape index (κ3) is 3.10. The smallest absolute Gasteiger partial charge is 0.271 e. The van der Waals surface area contributed by atoms with Gasteiger partial charge in [-0.1, -0.05) is 0 Å². The lowest BCUT2D eigenvalue weighted by atomic mass is 10.1. The zero-order chi connectivity index (χ0) is 16.6. The average molecular weight is 320 g/mol. The van der Waals surface area contributed by atoms with Crippen molar-refractivity contribution in [3.63, 3.8) is 0 Å². The summed E-state index contributed by atoms with van der Waals surface area (Å²) in [7, 11) is 0. The Morgan fingerprint density at radius 1 is 1.39 bits per heavy atom. The van der Waals surface area contributed by atoms with E-state index in [9.17, 15) is 9.59 Å². The number of nitrogens with zero attached hydrogens (tertiary/aromatic N) is 3. The van der Waals surface area contributed by atoms with Crippen LogP contribution in [0.2, 0.25) is 0 Å². The molecule has 0 bridgehead atoms. The molecule has 2 aliphatic rings. The van der Waals surface area contributed by atoms with E-state index in [1.165, 1.54) is 0 Å². The number of fused-ring (bicyclic) bond motifs is 1. The molecular weight excluding hydrogens is 296 g/mol. The van der Waals surface area contributed by atoms with Crippen LogP contribution in [0.25, 0.3) is 0 Å². The van der Waals surface area contributed by atoms with Crippen LogP contribution in [0.3, 0.4) is 0 Å². The lowest BCUT2D eigenvalue weighted by Gasteiger charge is -2.35.